The summed E-state index contributed by atoms with van der Waals surface area (Å²) in [6.07, 6.45) is 2.31. The molecule has 144 valence electrons. The highest BCUT2D eigenvalue weighted by atomic mass is 16.2. The Kier molecular flexibility index (Phi) is 5.49. The Morgan fingerprint density at radius 3 is 2.14 bits per heavy atom. The summed E-state index contributed by atoms with van der Waals surface area (Å²) >= 11 is 0. The lowest BCUT2D eigenvalue weighted by molar-refractivity contribution is 0.0911. The molecule has 0 spiro atoms. The van der Waals surface area contributed by atoms with Crippen molar-refractivity contribution >= 4 is 17.5 Å². The van der Waals surface area contributed by atoms with Crippen LogP contribution in [0.25, 0.3) is 5.69 Å². The maximum absolute atomic E-state index is 12.4. The largest absolute Gasteiger partial charge is 0.347 e. The summed E-state index contributed by atoms with van der Waals surface area (Å²) < 4.78 is 1.51. The maximum Gasteiger partial charge on any atom is 0.255 e. The average molecular weight is 378 g/mol. The summed E-state index contributed by atoms with van der Waals surface area (Å²) in [5.74, 6) is -0.379. The summed E-state index contributed by atoms with van der Waals surface area (Å²) in [6.45, 7) is 5.97. The highest BCUT2D eigenvalue weighted by molar-refractivity contribution is 6.04. The van der Waals surface area contributed by atoms with Crippen molar-refractivity contribution in [2.24, 2.45) is 0 Å². The molecule has 0 unspecified atom stereocenters. The Labute approximate surface area is 163 Å². The minimum absolute atomic E-state index is 0.136. The maximum atomic E-state index is 12.4. The minimum Gasteiger partial charge on any atom is -0.347 e. The van der Waals surface area contributed by atoms with Crippen LogP contribution in [0.3, 0.4) is 0 Å². The molecule has 0 aliphatic heterocycles. The van der Waals surface area contributed by atoms with Crippen molar-refractivity contribution in [3.63, 3.8) is 0 Å². The average Bonchev–Trinajstić information content (AvgIpc) is 3.23. The van der Waals surface area contributed by atoms with E-state index in [9.17, 15) is 9.59 Å². The molecule has 28 heavy (non-hydrogen) atoms. The van der Waals surface area contributed by atoms with Crippen LogP contribution < -0.4 is 10.6 Å². The Bertz CT molecular complexity index is 947. The van der Waals surface area contributed by atoms with E-state index in [1.807, 2.05) is 20.8 Å². The van der Waals surface area contributed by atoms with E-state index < -0.39 is 0 Å². The van der Waals surface area contributed by atoms with Gasteiger partial charge >= 0.3 is 0 Å². The predicted molar refractivity (Wildman–Crippen MR) is 105 cm³/mol. The zero-order chi connectivity index (χ0) is 20.1. The number of nitrogens with one attached hydrogen (secondary N) is 2. The smallest absolute Gasteiger partial charge is 0.255 e. The Morgan fingerprint density at radius 1 is 0.964 bits per heavy atom. The molecule has 3 aromatic rings. The normalized spacial score (nSPS) is 11.1. The fourth-order valence-corrected chi connectivity index (χ4v) is 2.42. The van der Waals surface area contributed by atoms with Gasteiger partial charge in [-0.05, 0) is 79.2 Å². The van der Waals surface area contributed by atoms with E-state index in [4.69, 9.17) is 0 Å². The topological polar surface area (TPSA) is 102 Å². The predicted octanol–water partition coefficient (Wildman–Crippen LogP) is 2.83. The van der Waals surface area contributed by atoms with Crippen molar-refractivity contribution in [1.82, 2.24) is 25.5 Å². The SMILES string of the molecule is CCC(C)(C)NC(=O)c1ccc(NC(=O)c2ccc(-n3cnnn3)cc2)cc1. The van der Waals surface area contributed by atoms with E-state index in [-0.39, 0.29) is 17.4 Å². The molecule has 2 aromatic carbocycles. The van der Waals surface area contributed by atoms with Gasteiger partial charge in [0.15, 0.2) is 0 Å². The number of amides is 2. The summed E-state index contributed by atoms with van der Waals surface area (Å²) in [4.78, 5) is 24.7. The molecule has 0 saturated carbocycles. The first-order chi connectivity index (χ1) is 13.4. The second kappa shape index (κ2) is 7.99. The lowest BCUT2D eigenvalue weighted by atomic mass is 10.0. The third kappa shape index (κ3) is 4.59. The molecular formula is C20H22N6O2. The van der Waals surface area contributed by atoms with E-state index in [0.717, 1.165) is 12.1 Å². The van der Waals surface area contributed by atoms with Crippen LogP contribution in [0, 0.1) is 0 Å². The van der Waals surface area contributed by atoms with E-state index >= 15 is 0 Å². The molecule has 3 rings (SSSR count). The molecule has 0 aliphatic rings. The number of hydrogen-bond donors (Lipinski definition) is 2. The number of rotatable bonds is 6. The number of anilines is 1. The van der Waals surface area contributed by atoms with Crippen LogP contribution in [0.2, 0.25) is 0 Å². The first-order valence-electron chi connectivity index (χ1n) is 8.95. The van der Waals surface area contributed by atoms with Crippen LogP contribution in [-0.2, 0) is 0 Å². The molecule has 8 nitrogen and oxygen atoms in total. The lowest BCUT2D eigenvalue weighted by Gasteiger charge is -2.24. The standard InChI is InChI=1S/C20H22N6O2/c1-4-20(2,3)23-19(28)15-5-9-16(10-6-15)22-18(27)14-7-11-17(12-8-14)26-13-21-24-25-26/h5-13H,4H2,1-3H3,(H,22,27)(H,23,28). The molecular weight excluding hydrogens is 356 g/mol. The van der Waals surface area contributed by atoms with E-state index in [0.29, 0.717) is 16.8 Å². The zero-order valence-corrected chi connectivity index (χ0v) is 16.0. The van der Waals surface area contributed by atoms with Crippen LogP contribution in [0.5, 0.6) is 0 Å². The third-order valence-electron chi connectivity index (χ3n) is 4.48. The molecule has 8 heteroatoms. The molecule has 0 aliphatic carbocycles. The third-order valence-corrected chi connectivity index (χ3v) is 4.48. The monoisotopic (exact) mass is 378 g/mol. The van der Waals surface area contributed by atoms with Crippen LogP contribution in [0.1, 0.15) is 47.9 Å². The number of benzene rings is 2. The summed E-state index contributed by atoms with van der Waals surface area (Å²) in [5.41, 5.74) is 2.15. The number of carbonyl (C=O) groups excluding carboxylic acids is 2. The van der Waals surface area contributed by atoms with E-state index in [1.165, 1.54) is 11.0 Å². The van der Waals surface area contributed by atoms with Crippen molar-refractivity contribution in [2.75, 3.05) is 5.32 Å². The molecule has 0 bridgehead atoms. The quantitative estimate of drug-likeness (QED) is 0.687. The molecule has 1 aromatic heterocycles. The van der Waals surface area contributed by atoms with Crippen molar-refractivity contribution in [1.29, 1.82) is 0 Å². The van der Waals surface area contributed by atoms with Gasteiger partial charge in [-0.3, -0.25) is 9.59 Å². The first kappa shape index (κ1) is 19.2. The second-order valence-electron chi connectivity index (χ2n) is 7.02. The van der Waals surface area contributed by atoms with Gasteiger partial charge in [-0.25, -0.2) is 4.68 Å². The summed E-state index contributed by atoms with van der Waals surface area (Å²) in [7, 11) is 0. The molecule has 0 saturated heterocycles. The van der Waals surface area contributed by atoms with Gasteiger partial charge in [0, 0.05) is 22.4 Å². The van der Waals surface area contributed by atoms with Crippen molar-refractivity contribution in [2.45, 2.75) is 32.7 Å². The number of tetrazole rings is 1. The number of carbonyl (C=O) groups is 2. The Hall–Kier alpha value is -3.55. The van der Waals surface area contributed by atoms with Crippen LogP contribution in [-0.4, -0.2) is 37.6 Å². The number of hydrogen-bond acceptors (Lipinski definition) is 5. The Balaban J connectivity index is 1.63. The van der Waals surface area contributed by atoms with Crippen molar-refractivity contribution in [3.8, 4) is 5.69 Å². The Morgan fingerprint density at radius 2 is 1.57 bits per heavy atom. The van der Waals surface area contributed by atoms with Gasteiger partial charge in [-0.15, -0.1) is 5.10 Å². The fraction of sp³-hybridized carbons (Fsp3) is 0.250. The molecule has 0 fully saturated rings. The highest BCUT2D eigenvalue weighted by Gasteiger charge is 2.18. The van der Waals surface area contributed by atoms with Gasteiger partial charge in [0.1, 0.15) is 6.33 Å². The molecule has 2 amide bonds. The summed E-state index contributed by atoms with van der Waals surface area (Å²) in [5, 5.41) is 16.8. The molecule has 1 heterocycles. The van der Waals surface area contributed by atoms with Crippen LogP contribution in [0.15, 0.2) is 54.9 Å². The molecule has 2 N–H and O–H groups in total. The van der Waals surface area contributed by atoms with Gasteiger partial charge in [-0.1, -0.05) is 6.92 Å². The lowest BCUT2D eigenvalue weighted by Crippen LogP contribution is -2.42. The van der Waals surface area contributed by atoms with Gasteiger partial charge < -0.3 is 10.6 Å². The van der Waals surface area contributed by atoms with Gasteiger partial charge in [0.25, 0.3) is 11.8 Å². The number of nitrogens with zero attached hydrogens (tertiary/aromatic N) is 4. The minimum atomic E-state index is -0.265. The zero-order valence-electron chi connectivity index (χ0n) is 16.0. The van der Waals surface area contributed by atoms with Crippen LogP contribution in [0.4, 0.5) is 5.69 Å². The fourth-order valence-electron chi connectivity index (χ4n) is 2.42. The van der Waals surface area contributed by atoms with Crippen molar-refractivity contribution < 1.29 is 9.59 Å². The van der Waals surface area contributed by atoms with Gasteiger partial charge in [0.2, 0.25) is 0 Å². The molecule has 0 radical (unpaired) electrons. The van der Waals surface area contributed by atoms with E-state index in [2.05, 4.69) is 26.2 Å². The first-order valence-corrected chi connectivity index (χ1v) is 8.95. The summed E-state index contributed by atoms with van der Waals surface area (Å²) in [6, 6.07) is 13.7. The van der Waals surface area contributed by atoms with Crippen molar-refractivity contribution in [3.05, 3.63) is 66.0 Å². The number of aromatic nitrogens is 4. The molecule has 0 atom stereocenters. The second-order valence-corrected chi connectivity index (χ2v) is 7.02. The van der Waals surface area contributed by atoms with Gasteiger partial charge in [-0.2, -0.15) is 0 Å². The highest BCUT2D eigenvalue weighted by Crippen LogP contribution is 2.15. The van der Waals surface area contributed by atoms with Crippen LogP contribution >= 0.6 is 0 Å². The van der Waals surface area contributed by atoms with Gasteiger partial charge in [0.05, 0.1) is 5.69 Å². The van der Waals surface area contributed by atoms with E-state index in [1.54, 1.807) is 48.5 Å².